The van der Waals surface area contributed by atoms with Crippen LogP contribution in [0.2, 0.25) is 0 Å². The number of anilines is 1. The summed E-state index contributed by atoms with van der Waals surface area (Å²) in [5.41, 5.74) is 0.974. The number of carboxylic acids is 1. The number of carboxylic acid groups (broad SMARTS) is 1. The second-order valence-corrected chi connectivity index (χ2v) is 6.71. The zero-order valence-corrected chi connectivity index (χ0v) is 15.1. The van der Waals surface area contributed by atoms with Crippen molar-refractivity contribution in [3.8, 4) is 0 Å². The molecule has 138 valence electrons. The van der Waals surface area contributed by atoms with Gasteiger partial charge in [0.15, 0.2) is 0 Å². The molecule has 0 aliphatic rings. The van der Waals surface area contributed by atoms with E-state index in [1.165, 1.54) is 0 Å². The Labute approximate surface area is 148 Å². The zero-order valence-electron chi connectivity index (χ0n) is 15.1. The van der Waals surface area contributed by atoms with Crippen molar-refractivity contribution in [1.29, 1.82) is 0 Å². The van der Waals surface area contributed by atoms with Crippen LogP contribution in [0.25, 0.3) is 0 Å². The van der Waals surface area contributed by atoms with Crippen molar-refractivity contribution in [3.63, 3.8) is 0 Å². The van der Waals surface area contributed by atoms with Gasteiger partial charge in [-0.15, -0.1) is 0 Å². The number of nitrogens with one attached hydrogen (secondary N) is 3. The Morgan fingerprint density at radius 1 is 1.04 bits per heavy atom. The van der Waals surface area contributed by atoms with Crippen LogP contribution >= 0.6 is 0 Å². The highest BCUT2D eigenvalue weighted by molar-refractivity contribution is 5.95. The lowest BCUT2D eigenvalue weighted by molar-refractivity contribution is -0.142. The van der Waals surface area contributed by atoms with Crippen LogP contribution in [0, 0.1) is 11.8 Å². The van der Waals surface area contributed by atoms with Crippen molar-refractivity contribution in [3.05, 3.63) is 29.8 Å². The topological polar surface area (TPSA) is 108 Å². The summed E-state index contributed by atoms with van der Waals surface area (Å²) in [6.07, 6.45) is 0.503. The molecule has 0 fully saturated rings. The standard InChI is InChI=1S/C18H27N3O4/c1-11(2)9-14(17(23)24)10-19-16(22)13-5-7-15(8-6-13)21-18(25)20-12(3)4/h5-8,11-12,14H,9-10H2,1-4H3,(H,19,22)(H,23,24)(H2,20,21,25). The van der Waals surface area contributed by atoms with E-state index in [-0.39, 0.29) is 30.4 Å². The number of benzene rings is 1. The van der Waals surface area contributed by atoms with E-state index in [4.69, 9.17) is 0 Å². The van der Waals surface area contributed by atoms with Gasteiger partial charge in [0.05, 0.1) is 5.92 Å². The smallest absolute Gasteiger partial charge is 0.319 e. The maximum absolute atomic E-state index is 12.1. The van der Waals surface area contributed by atoms with Crippen molar-refractivity contribution in [2.24, 2.45) is 11.8 Å². The Bertz CT molecular complexity index is 597. The van der Waals surface area contributed by atoms with Gasteiger partial charge in [0.2, 0.25) is 0 Å². The molecule has 1 atom stereocenters. The Balaban J connectivity index is 2.58. The van der Waals surface area contributed by atoms with Gasteiger partial charge in [-0.3, -0.25) is 9.59 Å². The van der Waals surface area contributed by atoms with Crippen LogP contribution in [0.15, 0.2) is 24.3 Å². The maximum atomic E-state index is 12.1. The Morgan fingerprint density at radius 2 is 1.64 bits per heavy atom. The Morgan fingerprint density at radius 3 is 2.12 bits per heavy atom. The van der Waals surface area contributed by atoms with Gasteiger partial charge < -0.3 is 21.1 Å². The monoisotopic (exact) mass is 349 g/mol. The van der Waals surface area contributed by atoms with Gasteiger partial charge in [0, 0.05) is 23.8 Å². The second kappa shape index (κ2) is 9.66. The van der Waals surface area contributed by atoms with Gasteiger partial charge >= 0.3 is 12.0 Å². The summed E-state index contributed by atoms with van der Waals surface area (Å²) in [5.74, 6) is -1.62. The van der Waals surface area contributed by atoms with Gasteiger partial charge in [-0.25, -0.2) is 4.79 Å². The van der Waals surface area contributed by atoms with E-state index in [1.54, 1.807) is 24.3 Å². The van der Waals surface area contributed by atoms with Crippen molar-refractivity contribution < 1.29 is 19.5 Å². The van der Waals surface area contributed by atoms with Gasteiger partial charge in [-0.1, -0.05) is 13.8 Å². The third-order valence-corrected chi connectivity index (χ3v) is 3.44. The average molecular weight is 349 g/mol. The van der Waals surface area contributed by atoms with Gasteiger partial charge in [0.25, 0.3) is 5.91 Å². The third-order valence-electron chi connectivity index (χ3n) is 3.44. The lowest BCUT2D eigenvalue weighted by atomic mass is 9.97. The fraction of sp³-hybridized carbons (Fsp3) is 0.500. The number of aliphatic carboxylic acids is 1. The molecule has 1 unspecified atom stereocenters. The molecule has 0 saturated heterocycles. The molecule has 7 heteroatoms. The quantitative estimate of drug-likeness (QED) is 0.579. The predicted molar refractivity (Wildman–Crippen MR) is 96.6 cm³/mol. The van der Waals surface area contributed by atoms with E-state index in [1.807, 2.05) is 27.7 Å². The second-order valence-electron chi connectivity index (χ2n) is 6.71. The van der Waals surface area contributed by atoms with Crippen LogP contribution < -0.4 is 16.0 Å². The number of amides is 3. The predicted octanol–water partition coefficient (Wildman–Crippen LogP) is 2.69. The van der Waals surface area contributed by atoms with E-state index in [0.29, 0.717) is 17.7 Å². The first kappa shape index (κ1) is 20.5. The highest BCUT2D eigenvalue weighted by Gasteiger charge is 2.20. The molecule has 1 aromatic rings. The molecule has 1 rings (SSSR count). The highest BCUT2D eigenvalue weighted by Crippen LogP contribution is 2.12. The summed E-state index contributed by atoms with van der Waals surface area (Å²) in [6, 6.07) is 6.12. The van der Waals surface area contributed by atoms with Crippen LogP contribution in [-0.2, 0) is 4.79 Å². The molecule has 1 aromatic carbocycles. The summed E-state index contributed by atoms with van der Waals surface area (Å²) in [6.45, 7) is 7.69. The molecule has 0 aliphatic heterocycles. The first-order chi connectivity index (χ1) is 11.7. The summed E-state index contributed by atoms with van der Waals surface area (Å²) in [4.78, 5) is 35.0. The first-order valence-corrected chi connectivity index (χ1v) is 8.37. The van der Waals surface area contributed by atoms with E-state index < -0.39 is 11.9 Å². The molecule has 0 bridgehead atoms. The molecule has 0 spiro atoms. The number of carbonyl (C=O) groups is 3. The van der Waals surface area contributed by atoms with Crippen LogP contribution in [0.5, 0.6) is 0 Å². The number of carbonyl (C=O) groups excluding carboxylic acids is 2. The normalized spacial score (nSPS) is 11.9. The minimum Gasteiger partial charge on any atom is -0.481 e. The molecule has 25 heavy (non-hydrogen) atoms. The molecular weight excluding hydrogens is 322 g/mol. The zero-order chi connectivity index (χ0) is 19.0. The molecule has 4 N–H and O–H groups in total. The number of urea groups is 1. The summed E-state index contributed by atoms with van der Waals surface area (Å²) in [7, 11) is 0. The summed E-state index contributed by atoms with van der Waals surface area (Å²) < 4.78 is 0. The van der Waals surface area contributed by atoms with Crippen molar-refractivity contribution >= 4 is 23.6 Å². The third kappa shape index (κ3) is 7.69. The number of hydrogen-bond acceptors (Lipinski definition) is 3. The molecule has 0 radical (unpaired) electrons. The number of rotatable bonds is 8. The fourth-order valence-corrected chi connectivity index (χ4v) is 2.29. The highest BCUT2D eigenvalue weighted by atomic mass is 16.4. The SMILES string of the molecule is CC(C)CC(CNC(=O)c1ccc(NC(=O)NC(C)C)cc1)C(=O)O. The lowest BCUT2D eigenvalue weighted by Gasteiger charge is -2.15. The lowest BCUT2D eigenvalue weighted by Crippen LogP contribution is -2.34. The van der Waals surface area contributed by atoms with Crippen molar-refractivity contribution in [1.82, 2.24) is 10.6 Å². The summed E-state index contributed by atoms with van der Waals surface area (Å²) >= 11 is 0. The fourth-order valence-electron chi connectivity index (χ4n) is 2.29. The minimum atomic E-state index is -0.912. The molecule has 3 amide bonds. The first-order valence-electron chi connectivity index (χ1n) is 8.37. The molecule has 0 saturated carbocycles. The van der Waals surface area contributed by atoms with Crippen LogP contribution in [-0.4, -0.2) is 35.6 Å². The molecule has 7 nitrogen and oxygen atoms in total. The Kier molecular flexibility index (Phi) is 7.91. The van der Waals surface area contributed by atoms with E-state index in [2.05, 4.69) is 16.0 Å². The van der Waals surface area contributed by atoms with Gasteiger partial charge in [-0.05, 0) is 50.5 Å². The van der Waals surface area contributed by atoms with E-state index >= 15 is 0 Å². The maximum Gasteiger partial charge on any atom is 0.319 e. The van der Waals surface area contributed by atoms with Crippen molar-refractivity contribution in [2.75, 3.05) is 11.9 Å². The van der Waals surface area contributed by atoms with Crippen LogP contribution in [0.1, 0.15) is 44.5 Å². The van der Waals surface area contributed by atoms with Gasteiger partial charge in [-0.2, -0.15) is 0 Å². The Hall–Kier alpha value is -2.57. The molecular formula is C18H27N3O4. The largest absolute Gasteiger partial charge is 0.481 e. The molecule has 0 aliphatic carbocycles. The van der Waals surface area contributed by atoms with E-state index in [0.717, 1.165) is 0 Å². The summed E-state index contributed by atoms with van der Waals surface area (Å²) in [5, 5.41) is 17.2. The van der Waals surface area contributed by atoms with Gasteiger partial charge in [0.1, 0.15) is 0 Å². The van der Waals surface area contributed by atoms with Crippen molar-refractivity contribution in [2.45, 2.75) is 40.2 Å². The number of hydrogen-bond donors (Lipinski definition) is 4. The van der Waals surface area contributed by atoms with Crippen LogP contribution in [0.3, 0.4) is 0 Å². The minimum absolute atomic E-state index is 0.0260. The molecule has 0 aromatic heterocycles. The average Bonchev–Trinajstić information content (AvgIpc) is 2.50. The van der Waals surface area contributed by atoms with E-state index in [9.17, 15) is 19.5 Å². The van der Waals surface area contributed by atoms with Crippen LogP contribution in [0.4, 0.5) is 10.5 Å². The molecule has 0 heterocycles.